The number of nitrogens with zero attached hydrogens (tertiary/aromatic N) is 1. The molecule has 1 atom stereocenters. The lowest BCUT2D eigenvalue weighted by Crippen LogP contribution is -2.41. The van der Waals surface area contributed by atoms with Crippen molar-refractivity contribution >= 4 is 11.9 Å². The number of aliphatic carboxylic acids is 1. The van der Waals surface area contributed by atoms with Crippen molar-refractivity contribution < 1.29 is 19.2 Å². The summed E-state index contributed by atoms with van der Waals surface area (Å²) in [5, 5.41) is 15.5. The van der Waals surface area contributed by atoms with Gasteiger partial charge in [-0.2, -0.15) is 0 Å². The van der Waals surface area contributed by atoms with Crippen LogP contribution in [0.1, 0.15) is 67.8 Å². The number of carbonyl (C=O) groups is 2. The Kier molecular flexibility index (Phi) is 5.73. The van der Waals surface area contributed by atoms with Crippen molar-refractivity contribution in [1.29, 1.82) is 0 Å². The van der Waals surface area contributed by atoms with Crippen LogP contribution in [0.3, 0.4) is 0 Å². The lowest BCUT2D eigenvalue weighted by atomic mass is 10.0. The molecule has 20 heavy (non-hydrogen) atoms. The van der Waals surface area contributed by atoms with Gasteiger partial charge in [0.2, 0.25) is 0 Å². The highest BCUT2D eigenvalue weighted by Gasteiger charge is 2.26. The van der Waals surface area contributed by atoms with Crippen LogP contribution in [0.15, 0.2) is 4.52 Å². The van der Waals surface area contributed by atoms with Crippen LogP contribution in [-0.2, 0) is 4.79 Å². The number of hydrogen-bond donors (Lipinski definition) is 2. The standard InChI is InChI=1S/C14H22N2O4/c1-5-6-7-10(14(18)19)15-13(17)11-9(4)16-20-12(11)8(2)3/h8,10H,5-7H2,1-4H3,(H,15,17)(H,18,19)/t10-/m0/s1. The molecule has 1 aromatic heterocycles. The van der Waals surface area contributed by atoms with E-state index in [9.17, 15) is 9.59 Å². The molecular weight excluding hydrogens is 260 g/mol. The topological polar surface area (TPSA) is 92.4 Å². The fourth-order valence-corrected chi connectivity index (χ4v) is 1.95. The largest absolute Gasteiger partial charge is 0.480 e. The molecule has 0 unspecified atom stereocenters. The van der Waals surface area contributed by atoms with E-state index < -0.39 is 17.9 Å². The smallest absolute Gasteiger partial charge is 0.326 e. The molecule has 112 valence electrons. The van der Waals surface area contributed by atoms with E-state index in [0.717, 1.165) is 12.8 Å². The summed E-state index contributed by atoms with van der Waals surface area (Å²) in [4.78, 5) is 23.4. The number of unbranched alkanes of at least 4 members (excludes halogenated alkanes) is 1. The van der Waals surface area contributed by atoms with Crippen LogP contribution >= 0.6 is 0 Å². The number of carbonyl (C=O) groups excluding carboxylic acids is 1. The third-order valence-corrected chi connectivity index (χ3v) is 3.09. The molecule has 6 nitrogen and oxygen atoms in total. The highest BCUT2D eigenvalue weighted by atomic mass is 16.5. The molecule has 0 bridgehead atoms. The Balaban J connectivity index is 2.89. The molecule has 0 aliphatic carbocycles. The first kappa shape index (κ1) is 16.2. The van der Waals surface area contributed by atoms with Gasteiger partial charge in [0.1, 0.15) is 11.6 Å². The van der Waals surface area contributed by atoms with Crippen LogP contribution < -0.4 is 5.32 Å². The molecule has 0 saturated carbocycles. The van der Waals surface area contributed by atoms with E-state index in [4.69, 9.17) is 9.63 Å². The summed E-state index contributed by atoms with van der Waals surface area (Å²) in [6.45, 7) is 7.43. The molecule has 0 aromatic carbocycles. The second-order valence-corrected chi connectivity index (χ2v) is 5.17. The highest BCUT2D eigenvalue weighted by molar-refractivity contribution is 5.98. The van der Waals surface area contributed by atoms with Gasteiger partial charge in [-0.15, -0.1) is 0 Å². The quantitative estimate of drug-likeness (QED) is 0.801. The van der Waals surface area contributed by atoms with E-state index in [-0.39, 0.29) is 5.92 Å². The average Bonchev–Trinajstić information content (AvgIpc) is 2.76. The Morgan fingerprint density at radius 3 is 2.55 bits per heavy atom. The zero-order chi connectivity index (χ0) is 15.3. The van der Waals surface area contributed by atoms with Gasteiger partial charge >= 0.3 is 5.97 Å². The van der Waals surface area contributed by atoms with Crippen molar-refractivity contribution in [3.63, 3.8) is 0 Å². The molecular formula is C14H22N2O4. The fourth-order valence-electron chi connectivity index (χ4n) is 1.95. The maximum absolute atomic E-state index is 12.3. The van der Waals surface area contributed by atoms with Gasteiger partial charge in [-0.3, -0.25) is 4.79 Å². The average molecular weight is 282 g/mol. The van der Waals surface area contributed by atoms with E-state index >= 15 is 0 Å². The maximum atomic E-state index is 12.3. The summed E-state index contributed by atoms with van der Waals surface area (Å²) in [5.74, 6) is -0.960. The minimum Gasteiger partial charge on any atom is -0.480 e. The fraction of sp³-hybridized carbons (Fsp3) is 0.643. The van der Waals surface area contributed by atoms with Crippen molar-refractivity contribution in [3.05, 3.63) is 17.0 Å². The Labute approximate surface area is 118 Å². The van der Waals surface area contributed by atoms with Crippen LogP contribution in [0, 0.1) is 6.92 Å². The molecule has 1 amide bonds. The number of nitrogens with one attached hydrogen (secondary N) is 1. The lowest BCUT2D eigenvalue weighted by molar-refractivity contribution is -0.139. The minimum absolute atomic E-state index is 0.0101. The minimum atomic E-state index is -1.02. The van der Waals surface area contributed by atoms with Gasteiger partial charge < -0.3 is 14.9 Å². The summed E-state index contributed by atoms with van der Waals surface area (Å²) in [5.41, 5.74) is 0.827. The Morgan fingerprint density at radius 1 is 1.40 bits per heavy atom. The van der Waals surface area contributed by atoms with Crippen molar-refractivity contribution in [2.75, 3.05) is 0 Å². The molecule has 0 saturated heterocycles. The Bertz CT molecular complexity index is 480. The summed E-state index contributed by atoms with van der Waals surface area (Å²) in [7, 11) is 0. The van der Waals surface area contributed by atoms with E-state index in [1.54, 1.807) is 6.92 Å². The number of carboxylic acids is 1. The number of aromatic nitrogens is 1. The summed E-state index contributed by atoms with van der Waals surface area (Å²) in [6, 6.07) is -0.878. The monoisotopic (exact) mass is 282 g/mol. The molecule has 1 aromatic rings. The third kappa shape index (κ3) is 3.82. The Hall–Kier alpha value is -1.85. The van der Waals surface area contributed by atoms with Crippen molar-refractivity contribution in [2.24, 2.45) is 0 Å². The molecule has 0 spiro atoms. The van der Waals surface area contributed by atoms with E-state index in [0.29, 0.717) is 23.4 Å². The summed E-state index contributed by atoms with van der Waals surface area (Å²) >= 11 is 0. The lowest BCUT2D eigenvalue weighted by Gasteiger charge is -2.14. The van der Waals surface area contributed by atoms with Crippen LogP contribution in [0.25, 0.3) is 0 Å². The van der Waals surface area contributed by atoms with Crippen LogP contribution in [-0.4, -0.2) is 28.2 Å². The zero-order valence-electron chi connectivity index (χ0n) is 12.4. The molecule has 0 aliphatic rings. The maximum Gasteiger partial charge on any atom is 0.326 e. The van der Waals surface area contributed by atoms with Gasteiger partial charge in [-0.1, -0.05) is 38.8 Å². The van der Waals surface area contributed by atoms with E-state index in [1.165, 1.54) is 0 Å². The molecule has 1 rings (SSSR count). The predicted octanol–water partition coefficient (Wildman–Crippen LogP) is 2.48. The highest BCUT2D eigenvalue weighted by Crippen LogP contribution is 2.22. The van der Waals surface area contributed by atoms with Crippen LogP contribution in [0.5, 0.6) is 0 Å². The second kappa shape index (κ2) is 7.07. The van der Waals surface area contributed by atoms with Gasteiger partial charge in [0, 0.05) is 5.92 Å². The number of hydrogen-bond acceptors (Lipinski definition) is 4. The number of rotatable bonds is 7. The first-order chi connectivity index (χ1) is 9.38. The first-order valence-electron chi connectivity index (χ1n) is 6.88. The molecule has 2 N–H and O–H groups in total. The van der Waals surface area contributed by atoms with Crippen LogP contribution in [0.2, 0.25) is 0 Å². The van der Waals surface area contributed by atoms with Gasteiger partial charge in [0.15, 0.2) is 5.76 Å². The van der Waals surface area contributed by atoms with Crippen molar-refractivity contribution in [2.45, 2.75) is 58.9 Å². The number of aryl methyl sites for hydroxylation is 1. The summed E-state index contributed by atoms with van der Waals surface area (Å²) < 4.78 is 5.14. The number of amides is 1. The predicted molar refractivity (Wildman–Crippen MR) is 73.7 cm³/mol. The van der Waals surface area contributed by atoms with E-state index in [2.05, 4.69) is 10.5 Å². The zero-order valence-corrected chi connectivity index (χ0v) is 12.4. The van der Waals surface area contributed by atoms with Crippen molar-refractivity contribution in [1.82, 2.24) is 10.5 Å². The SMILES string of the molecule is CCCC[C@H](NC(=O)c1c(C)noc1C(C)C)C(=O)O. The summed E-state index contributed by atoms with van der Waals surface area (Å²) in [6.07, 6.45) is 2.04. The number of carboxylic acid groups (broad SMARTS) is 1. The molecule has 0 aliphatic heterocycles. The van der Waals surface area contributed by atoms with Gasteiger partial charge in [0.25, 0.3) is 5.91 Å². The van der Waals surface area contributed by atoms with Crippen LogP contribution in [0.4, 0.5) is 0 Å². The normalized spacial score (nSPS) is 12.4. The van der Waals surface area contributed by atoms with Gasteiger partial charge in [0.05, 0.1) is 5.69 Å². The van der Waals surface area contributed by atoms with E-state index in [1.807, 2.05) is 20.8 Å². The molecule has 1 heterocycles. The Morgan fingerprint density at radius 2 is 2.05 bits per heavy atom. The molecule has 0 fully saturated rings. The van der Waals surface area contributed by atoms with Gasteiger partial charge in [-0.05, 0) is 13.3 Å². The first-order valence-corrected chi connectivity index (χ1v) is 6.88. The second-order valence-electron chi connectivity index (χ2n) is 5.17. The molecule has 0 radical (unpaired) electrons. The third-order valence-electron chi connectivity index (χ3n) is 3.09. The molecule has 6 heteroatoms. The van der Waals surface area contributed by atoms with Crippen molar-refractivity contribution in [3.8, 4) is 0 Å². The van der Waals surface area contributed by atoms with Gasteiger partial charge in [-0.25, -0.2) is 4.79 Å².